The van der Waals surface area contributed by atoms with E-state index in [1.165, 1.54) is 11.1 Å². The third kappa shape index (κ3) is 2.75. The number of hydrogen-bond donors (Lipinski definition) is 0. The Morgan fingerprint density at radius 1 is 1.42 bits per heavy atom. The van der Waals surface area contributed by atoms with Crippen molar-refractivity contribution < 1.29 is 9.53 Å². The van der Waals surface area contributed by atoms with Gasteiger partial charge in [0.15, 0.2) is 0 Å². The number of amides is 1. The molecule has 0 heterocycles. The number of benzene rings is 1. The minimum atomic E-state index is 0.0497. The quantitative estimate of drug-likeness (QED) is 0.836. The highest BCUT2D eigenvalue weighted by atomic mass is 16.5. The molecule has 0 radical (unpaired) electrons. The van der Waals surface area contributed by atoms with Gasteiger partial charge in [-0.2, -0.15) is 0 Å². The fourth-order valence-electron chi connectivity index (χ4n) is 2.86. The lowest BCUT2D eigenvalue weighted by atomic mass is 9.86. The van der Waals surface area contributed by atoms with Crippen molar-refractivity contribution in [1.82, 2.24) is 4.90 Å². The second-order valence-corrected chi connectivity index (χ2v) is 5.58. The van der Waals surface area contributed by atoms with E-state index in [1.807, 2.05) is 31.9 Å². The summed E-state index contributed by atoms with van der Waals surface area (Å²) in [5, 5.41) is 0. The Hall–Kier alpha value is -1.51. The van der Waals surface area contributed by atoms with Crippen LogP contribution < -0.4 is 4.74 Å². The summed E-state index contributed by atoms with van der Waals surface area (Å²) in [4.78, 5) is 14.1. The van der Waals surface area contributed by atoms with Gasteiger partial charge in [-0.25, -0.2) is 0 Å². The second kappa shape index (κ2) is 5.64. The van der Waals surface area contributed by atoms with Crippen molar-refractivity contribution in [3.8, 4) is 5.75 Å². The molecule has 0 aromatic heterocycles. The monoisotopic (exact) mass is 261 g/mol. The largest absolute Gasteiger partial charge is 0.497 e. The lowest BCUT2D eigenvalue weighted by molar-refractivity contribution is -0.135. The molecule has 1 amide bonds. The van der Waals surface area contributed by atoms with Gasteiger partial charge >= 0.3 is 0 Å². The van der Waals surface area contributed by atoms with Crippen LogP contribution in [0.3, 0.4) is 0 Å². The van der Waals surface area contributed by atoms with Crippen LogP contribution in [0.1, 0.15) is 43.9 Å². The fraction of sp³-hybridized carbons (Fsp3) is 0.562. The highest BCUT2D eigenvalue weighted by Crippen LogP contribution is 2.35. The van der Waals surface area contributed by atoms with E-state index in [-0.39, 0.29) is 17.9 Å². The fourth-order valence-corrected chi connectivity index (χ4v) is 2.86. The number of nitrogens with zero attached hydrogens (tertiary/aromatic N) is 1. The Balaban J connectivity index is 2.29. The number of hydrogen-bond acceptors (Lipinski definition) is 2. The smallest absolute Gasteiger partial charge is 0.225 e. The molecule has 1 aromatic rings. The SMILES string of the molecule is COc1ccc2c(c1)CCC[C@H]2N(C)C(=O)C(C)C. The molecule has 0 aliphatic heterocycles. The Morgan fingerprint density at radius 2 is 2.16 bits per heavy atom. The first kappa shape index (κ1) is 13.9. The zero-order valence-corrected chi connectivity index (χ0v) is 12.3. The molecule has 0 saturated heterocycles. The summed E-state index contributed by atoms with van der Waals surface area (Å²) in [5.41, 5.74) is 2.60. The van der Waals surface area contributed by atoms with Crippen molar-refractivity contribution in [1.29, 1.82) is 0 Å². The van der Waals surface area contributed by atoms with E-state index in [0.717, 1.165) is 25.0 Å². The molecule has 0 bridgehead atoms. The van der Waals surface area contributed by atoms with Crippen molar-refractivity contribution in [3.63, 3.8) is 0 Å². The van der Waals surface area contributed by atoms with E-state index < -0.39 is 0 Å². The minimum absolute atomic E-state index is 0.0497. The predicted molar refractivity (Wildman–Crippen MR) is 76.3 cm³/mol. The summed E-state index contributed by atoms with van der Waals surface area (Å²) < 4.78 is 5.28. The topological polar surface area (TPSA) is 29.5 Å². The van der Waals surface area contributed by atoms with Crippen LogP contribution in [0.15, 0.2) is 18.2 Å². The Labute approximate surface area is 115 Å². The van der Waals surface area contributed by atoms with Crippen molar-refractivity contribution in [2.75, 3.05) is 14.2 Å². The second-order valence-electron chi connectivity index (χ2n) is 5.58. The molecule has 0 unspecified atom stereocenters. The molecular formula is C16H23NO2. The summed E-state index contributed by atoms with van der Waals surface area (Å²) in [7, 11) is 3.61. The number of carbonyl (C=O) groups is 1. The van der Waals surface area contributed by atoms with Crippen LogP contribution in [-0.4, -0.2) is 25.0 Å². The first-order valence-electron chi connectivity index (χ1n) is 6.98. The molecule has 0 fully saturated rings. The third-order valence-corrected chi connectivity index (χ3v) is 3.94. The van der Waals surface area contributed by atoms with Gasteiger partial charge in [0.2, 0.25) is 5.91 Å². The zero-order valence-electron chi connectivity index (χ0n) is 12.3. The van der Waals surface area contributed by atoms with Crippen LogP contribution in [0.4, 0.5) is 0 Å². The van der Waals surface area contributed by atoms with E-state index >= 15 is 0 Å². The standard InChI is InChI=1S/C16H23NO2/c1-11(2)16(18)17(3)15-7-5-6-12-10-13(19-4)8-9-14(12)15/h8-11,15H,5-7H2,1-4H3/t15-/m1/s1. The molecule has 0 N–H and O–H groups in total. The summed E-state index contributed by atoms with van der Waals surface area (Å²) in [5.74, 6) is 1.17. The van der Waals surface area contributed by atoms with E-state index in [9.17, 15) is 4.79 Å². The molecule has 0 spiro atoms. The van der Waals surface area contributed by atoms with Gasteiger partial charge in [0, 0.05) is 13.0 Å². The van der Waals surface area contributed by atoms with Crippen molar-refractivity contribution in [2.45, 2.75) is 39.2 Å². The predicted octanol–water partition coefficient (Wildman–Crippen LogP) is 3.19. The van der Waals surface area contributed by atoms with Crippen LogP contribution >= 0.6 is 0 Å². The van der Waals surface area contributed by atoms with Crippen LogP contribution in [-0.2, 0) is 11.2 Å². The van der Waals surface area contributed by atoms with Gasteiger partial charge in [0.05, 0.1) is 13.2 Å². The average Bonchev–Trinajstić information content (AvgIpc) is 2.44. The van der Waals surface area contributed by atoms with Gasteiger partial charge in [-0.05, 0) is 42.5 Å². The first-order valence-corrected chi connectivity index (χ1v) is 6.98. The molecule has 19 heavy (non-hydrogen) atoms. The summed E-state index contributed by atoms with van der Waals surface area (Å²) >= 11 is 0. The molecule has 1 aliphatic carbocycles. The lowest BCUT2D eigenvalue weighted by Crippen LogP contribution is -2.35. The van der Waals surface area contributed by atoms with E-state index in [4.69, 9.17) is 4.74 Å². The molecule has 1 atom stereocenters. The van der Waals surface area contributed by atoms with Gasteiger partial charge in [-0.3, -0.25) is 4.79 Å². The number of aryl methyl sites for hydroxylation is 1. The lowest BCUT2D eigenvalue weighted by Gasteiger charge is -2.34. The Morgan fingerprint density at radius 3 is 2.79 bits per heavy atom. The van der Waals surface area contributed by atoms with Gasteiger partial charge in [0.1, 0.15) is 5.75 Å². The molecule has 104 valence electrons. The maximum atomic E-state index is 12.2. The third-order valence-electron chi connectivity index (χ3n) is 3.94. The number of rotatable bonds is 3. The summed E-state index contributed by atoms with van der Waals surface area (Å²) in [6, 6.07) is 6.42. The van der Waals surface area contributed by atoms with E-state index in [2.05, 4.69) is 12.1 Å². The summed E-state index contributed by atoms with van der Waals surface area (Å²) in [6.07, 6.45) is 3.25. The van der Waals surface area contributed by atoms with Crippen molar-refractivity contribution >= 4 is 5.91 Å². The van der Waals surface area contributed by atoms with Gasteiger partial charge in [-0.15, -0.1) is 0 Å². The molecule has 1 aromatic carbocycles. The highest BCUT2D eigenvalue weighted by molar-refractivity contribution is 5.78. The molecule has 0 saturated carbocycles. The summed E-state index contributed by atoms with van der Waals surface area (Å²) in [6.45, 7) is 3.91. The molecular weight excluding hydrogens is 238 g/mol. The maximum absolute atomic E-state index is 12.2. The van der Waals surface area contributed by atoms with E-state index in [0.29, 0.717) is 0 Å². The van der Waals surface area contributed by atoms with Crippen molar-refractivity contribution in [3.05, 3.63) is 29.3 Å². The average molecular weight is 261 g/mol. The molecule has 3 heteroatoms. The zero-order chi connectivity index (χ0) is 14.0. The Bertz CT molecular complexity index is 468. The Kier molecular flexibility index (Phi) is 4.13. The first-order chi connectivity index (χ1) is 9.04. The van der Waals surface area contributed by atoms with Crippen molar-refractivity contribution in [2.24, 2.45) is 5.92 Å². The van der Waals surface area contributed by atoms with Crippen LogP contribution in [0.2, 0.25) is 0 Å². The highest BCUT2D eigenvalue weighted by Gasteiger charge is 2.27. The van der Waals surface area contributed by atoms with Crippen LogP contribution in [0.5, 0.6) is 5.75 Å². The van der Waals surface area contributed by atoms with Gasteiger partial charge < -0.3 is 9.64 Å². The van der Waals surface area contributed by atoms with Gasteiger partial charge in [-0.1, -0.05) is 19.9 Å². The minimum Gasteiger partial charge on any atom is -0.497 e. The normalized spacial score (nSPS) is 18.1. The number of fused-ring (bicyclic) bond motifs is 1. The maximum Gasteiger partial charge on any atom is 0.225 e. The number of methoxy groups -OCH3 is 1. The van der Waals surface area contributed by atoms with Gasteiger partial charge in [0.25, 0.3) is 0 Å². The van der Waals surface area contributed by atoms with Crippen LogP contribution in [0.25, 0.3) is 0 Å². The molecule has 2 rings (SSSR count). The van der Waals surface area contributed by atoms with E-state index in [1.54, 1.807) is 7.11 Å². The molecule has 3 nitrogen and oxygen atoms in total. The number of ether oxygens (including phenoxy) is 1. The van der Waals surface area contributed by atoms with Crippen LogP contribution in [0, 0.1) is 5.92 Å². The number of carbonyl (C=O) groups excluding carboxylic acids is 1. The molecule has 1 aliphatic rings.